The summed E-state index contributed by atoms with van der Waals surface area (Å²) in [6.07, 6.45) is -4.43. The summed E-state index contributed by atoms with van der Waals surface area (Å²) in [5.74, 6) is 0. The average molecular weight is 268 g/mol. The van der Waals surface area contributed by atoms with Crippen LogP contribution >= 0.6 is 11.3 Å². The van der Waals surface area contributed by atoms with Crippen LogP contribution in [0.4, 0.5) is 23.1 Å². The molecule has 1 aromatic heterocycles. The molecule has 0 bridgehead atoms. The van der Waals surface area contributed by atoms with Crippen LogP contribution in [-0.2, 0) is 0 Å². The molecule has 0 aliphatic carbocycles. The van der Waals surface area contributed by atoms with Gasteiger partial charge < -0.3 is 11.1 Å². The first-order valence-electron chi connectivity index (χ1n) is 4.60. The summed E-state index contributed by atoms with van der Waals surface area (Å²) in [5, 5.41) is 5.70. The third kappa shape index (κ3) is 5.00. The van der Waals surface area contributed by atoms with E-state index in [4.69, 9.17) is 5.73 Å². The summed E-state index contributed by atoms with van der Waals surface area (Å²) in [4.78, 5) is 15.0. The largest absolute Gasteiger partial charge is 0.405 e. The molecule has 1 heterocycles. The van der Waals surface area contributed by atoms with Crippen LogP contribution in [0, 0.1) is 0 Å². The van der Waals surface area contributed by atoms with Crippen molar-refractivity contribution in [3.05, 3.63) is 11.1 Å². The molecule has 0 aliphatic heterocycles. The van der Waals surface area contributed by atoms with E-state index in [2.05, 4.69) is 10.3 Å². The zero-order chi connectivity index (χ0) is 13.1. The Kier molecular flexibility index (Phi) is 4.29. The molecule has 1 aromatic rings. The summed E-state index contributed by atoms with van der Waals surface area (Å²) in [7, 11) is 0. The van der Waals surface area contributed by atoms with Crippen LogP contribution in [0.2, 0.25) is 0 Å². The standard InChI is InChI=1S/C8H11F3N4OS/c1-4(12)5-2-17-7(14-5)15-6(16)13-3-8(9,10)11/h2,4H,3,12H2,1H3,(H2,13,14,15,16). The molecule has 0 saturated heterocycles. The number of hydrogen-bond donors (Lipinski definition) is 3. The topological polar surface area (TPSA) is 80.0 Å². The number of alkyl halides is 3. The predicted molar refractivity (Wildman–Crippen MR) is 57.8 cm³/mol. The van der Waals surface area contributed by atoms with Gasteiger partial charge in [-0.05, 0) is 6.92 Å². The van der Waals surface area contributed by atoms with E-state index < -0.39 is 18.8 Å². The Morgan fingerprint density at radius 3 is 2.76 bits per heavy atom. The highest BCUT2D eigenvalue weighted by Crippen LogP contribution is 2.19. The lowest BCUT2D eigenvalue weighted by molar-refractivity contribution is -0.122. The van der Waals surface area contributed by atoms with Crippen molar-refractivity contribution in [3.63, 3.8) is 0 Å². The molecule has 9 heteroatoms. The smallest absolute Gasteiger partial charge is 0.329 e. The maximum Gasteiger partial charge on any atom is 0.405 e. The minimum Gasteiger partial charge on any atom is -0.329 e. The van der Waals surface area contributed by atoms with Crippen molar-refractivity contribution in [1.82, 2.24) is 10.3 Å². The van der Waals surface area contributed by atoms with Crippen molar-refractivity contribution in [2.75, 3.05) is 11.9 Å². The number of halogens is 3. The van der Waals surface area contributed by atoms with Gasteiger partial charge in [0.05, 0.1) is 5.69 Å². The Morgan fingerprint density at radius 2 is 2.29 bits per heavy atom. The highest BCUT2D eigenvalue weighted by molar-refractivity contribution is 7.13. The lowest BCUT2D eigenvalue weighted by Crippen LogP contribution is -2.36. The normalized spacial score (nSPS) is 13.2. The van der Waals surface area contributed by atoms with Crippen LogP contribution in [-0.4, -0.2) is 23.7 Å². The Morgan fingerprint density at radius 1 is 1.65 bits per heavy atom. The van der Waals surface area contributed by atoms with Crippen molar-refractivity contribution >= 4 is 22.5 Å². The molecule has 1 rings (SSSR count). The third-order valence-corrected chi connectivity index (χ3v) is 2.43. The van der Waals surface area contributed by atoms with Crippen molar-refractivity contribution in [3.8, 4) is 0 Å². The van der Waals surface area contributed by atoms with Crippen LogP contribution in [0.3, 0.4) is 0 Å². The molecule has 96 valence electrons. The van der Waals surface area contributed by atoms with Gasteiger partial charge in [-0.15, -0.1) is 11.3 Å². The van der Waals surface area contributed by atoms with Gasteiger partial charge in [0, 0.05) is 11.4 Å². The van der Waals surface area contributed by atoms with Crippen molar-refractivity contribution in [2.24, 2.45) is 5.73 Å². The van der Waals surface area contributed by atoms with Gasteiger partial charge in [0.25, 0.3) is 0 Å². The van der Waals surface area contributed by atoms with Gasteiger partial charge in [0.15, 0.2) is 5.13 Å². The zero-order valence-corrected chi connectivity index (χ0v) is 9.65. The summed E-state index contributed by atoms with van der Waals surface area (Å²) < 4.78 is 35.4. The highest BCUT2D eigenvalue weighted by atomic mass is 32.1. The van der Waals surface area contributed by atoms with E-state index in [9.17, 15) is 18.0 Å². The van der Waals surface area contributed by atoms with Crippen LogP contribution in [0.5, 0.6) is 0 Å². The fourth-order valence-electron chi connectivity index (χ4n) is 0.875. The number of nitrogens with one attached hydrogen (secondary N) is 2. The fraction of sp³-hybridized carbons (Fsp3) is 0.500. The second-order valence-electron chi connectivity index (χ2n) is 3.29. The summed E-state index contributed by atoms with van der Waals surface area (Å²) in [6, 6.07) is -1.24. The van der Waals surface area contributed by atoms with Crippen molar-refractivity contribution < 1.29 is 18.0 Å². The van der Waals surface area contributed by atoms with Gasteiger partial charge in [-0.1, -0.05) is 0 Å². The van der Waals surface area contributed by atoms with Crippen molar-refractivity contribution in [2.45, 2.75) is 19.1 Å². The van der Waals surface area contributed by atoms with Gasteiger partial charge in [-0.3, -0.25) is 5.32 Å². The minimum atomic E-state index is -4.43. The number of nitrogens with zero attached hydrogens (tertiary/aromatic N) is 1. The first-order chi connectivity index (χ1) is 7.78. The number of urea groups is 1. The molecule has 0 spiro atoms. The minimum absolute atomic E-state index is 0.206. The number of thiazole rings is 1. The quantitative estimate of drug-likeness (QED) is 0.782. The van der Waals surface area contributed by atoms with Crippen molar-refractivity contribution in [1.29, 1.82) is 0 Å². The molecule has 0 aromatic carbocycles. The monoisotopic (exact) mass is 268 g/mol. The van der Waals surface area contributed by atoms with E-state index in [-0.39, 0.29) is 11.2 Å². The number of rotatable bonds is 3. The first kappa shape index (κ1) is 13.7. The molecule has 1 unspecified atom stereocenters. The maximum atomic E-state index is 11.8. The van der Waals surface area contributed by atoms with E-state index in [1.807, 2.05) is 0 Å². The van der Waals surface area contributed by atoms with Crippen LogP contribution < -0.4 is 16.4 Å². The number of nitrogens with two attached hydrogens (primary N) is 1. The van der Waals surface area contributed by atoms with Gasteiger partial charge in [-0.25, -0.2) is 9.78 Å². The second-order valence-corrected chi connectivity index (χ2v) is 4.15. The molecule has 5 nitrogen and oxygen atoms in total. The number of carbonyl (C=O) groups excluding carboxylic acids is 1. The van der Waals surface area contributed by atoms with Crippen LogP contribution in [0.15, 0.2) is 5.38 Å². The van der Waals surface area contributed by atoms with E-state index >= 15 is 0 Å². The van der Waals surface area contributed by atoms with E-state index in [1.165, 1.54) is 0 Å². The maximum absolute atomic E-state index is 11.8. The molecule has 0 saturated carbocycles. The Labute approximate surface area is 99.2 Å². The van der Waals surface area contributed by atoms with Gasteiger partial charge >= 0.3 is 12.2 Å². The van der Waals surface area contributed by atoms with Crippen LogP contribution in [0.1, 0.15) is 18.7 Å². The molecule has 1 atom stereocenters. The Hall–Kier alpha value is -1.35. The summed E-state index contributed by atoms with van der Waals surface area (Å²) >= 11 is 1.10. The molecular weight excluding hydrogens is 257 g/mol. The summed E-state index contributed by atoms with van der Waals surface area (Å²) in [5.41, 5.74) is 6.11. The summed E-state index contributed by atoms with van der Waals surface area (Å²) in [6.45, 7) is 0.326. The number of anilines is 1. The number of carbonyl (C=O) groups is 1. The number of hydrogen-bond acceptors (Lipinski definition) is 4. The molecule has 2 amide bonds. The van der Waals surface area contributed by atoms with E-state index in [1.54, 1.807) is 17.6 Å². The molecule has 0 aliphatic rings. The van der Waals surface area contributed by atoms with Gasteiger partial charge in [-0.2, -0.15) is 13.2 Å². The predicted octanol–water partition coefficient (Wildman–Crippen LogP) is 1.85. The van der Waals surface area contributed by atoms with E-state index in [0.29, 0.717) is 5.69 Å². The Balaban J connectivity index is 2.45. The average Bonchev–Trinajstić information content (AvgIpc) is 2.62. The van der Waals surface area contributed by atoms with Gasteiger partial charge in [0.1, 0.15) is 6.54 Å². The molecule has 0 radical (unpaired) electrons. The fourth-order valence-corrected chi connectivity index (χ4v) is 1.68. The Bertz CT molecular complexity index is 390. The van der Waals surface area contributed by atoms with Gasteiger partial charge in [0.2, 0.25) is 0 Å². The molecule has 17 heavy (non-hydrogen) atoms. The number of aromatic nitrogens is 1. The molecule has 4 N–H and O–H groups in total. The molecule has 0 fully saturated rings. The lowest BCUT2D eigenvalue weighted by atomic mass is 10.3. The van der Waals surface area contributed by atoms with Crippen LogP contribution in [0.25, 0.3) is 0 Å². The number of amides is 2. The highest BCUT2D eigenvalue weighted by Gasteiger charge is 2.27. The lowest BCUT2D eigenvalue weighted by Gasteiger charge is -2.08. The first-order valence-corrected chi connectivity index (χ1v) is 5.48. The zero-order valence-electron chi connectivity index (χ0n) is 8.84. The molecular formula is C8H11F3N4OS. The van der Waals surface area contributed by atoms with E-state index in [0.717, 1.165) is 11.3 Å². The SMILES string of the molecule is CC(N)c1csc(NC(=O)NCC(F)(F)F)n1. The second kappa shape index (κ2) is 5.32. The third-order valence-electron chi connectivity index (χ3n) is 1.66.